The van der Waals surface area contributed by atoms with Crippen molar-refractivity contribution >= 4 is 51.1 Å². The van der Waals surface area contributed by atoms with Crippen molar-refractivity contribution in [1.82, 2.24) is 0 Å². The van der Waals surface area contributed by atoms with Crippen molar-refractivity contribution in [2.45, 2.75) is 24.2 Å². The molecular formula is C44H32N2O7. The number of hydrogen-bond donors (Lipinski definition) is 1. The fraction of sp³-hybridized carbons (Fsp3) is 0.182. The Morgan fingerprint density at radius 1 is 0.755 bits per heavy atom. The first kappa shape index (κ1) is 32.4. The number of amides is 2. The van der Waals surface area contributed by atoms with Crippen LogP contribution in [-0.2, 0) is 24.6 Å². The van der Waals surface area contributed by atoms with Crippen molar-refractivity contribution in [3.8, 4) is 5.75 Å². The fourth-order valence-electron chi connectivity index (χ4n) is 9.70. The third-order valence-corrected chi connectivity index (χ3v) is 11.9. The van der Waals surface area contributed by atoms with Gasteiger partial charge in [-0.2, -0.15) is 0 Å². The maximum Gasteiger partial charge on any atom is 0.269 e. The number of fused-ring (bicyclic) bond motifs is 5. The number of benzene rings is 5. The molecule has 2 amide bonds. The minimum absolute atomic E-state index is 0.00903. The first-order chi connectivity index (χ1) is 25.7. The molecule has 9 nitrogen and oxygen atoms in total. The number of carbonyl (C=O) groups excluding carboxylic acids is 4. The molecule has 0 aromatic heterocycles. The van der Waals surface area contributed by atoms with E-state index in [9.17, 15) is 24.8 Å². The molecule has 9 heteroatoms. The quantitative estimate of drug-likeness (QED) is 0.0869. The summed E-state index contributed by atoms with van der Waals surface area (Å²) in [6.45, 7) is 0. The number of imide groups is 1. The lowest BCUT2D eigenvalue weighted by molar-refractivity contribution is -0.384. The van der Waals surface area contributed by atoms with E-state index in [2.05, 4.69) is 0 Å². The molecule has 1 heterocycles. The summed E-state index contributed by atoms with van der Waals surface area (Å²) in [6, 6.07) is 34.8. The number of non-ortho nitro benzene ring substituents is 1. The maximum atomic E-state index is 15.3. The van der Waals surface area contributed by atoms with Crippen LogP contribution in [-0.4, -0.2) is 33.4 Å². The van der Waals surface area contributed by atoms with E-state index in [1.54, 1.807) is 12.1 Å². The predicted octanol–water partition coefficient (Wildman–Crippen LogP) is 7.48. The van der Waals surface area contributed by atoms with Crippen LogP contribution in [0.5, 0.6) is 5.75 Å². The SMILES string of the molecule is O=C1C(c2ccccc2)=CC(=O)[C@@]2(c3ccccc3)[C@@H](c3ccc4ccccc4c3O)C3=CC[C@@H]4C(=O)N(c5ccc([N+](=O)[O-])cc5)C(=O)[C@@H]4[C@@H]3C[C@@H]12. The number of carbonyl (C=O) groups is 4. The standard InChI is InChI=1S/C44H32N2O7/c47-37-24-34(25-9-3-1-4-10-25)41(49)36-23-35-31(21-22-32-38(35)43(51)45(42(32)50)28-16-18-29(19-17-28)46(52)53)39(44(36,37)27-12-5-2-6-13-27)33-20-15-26-11-7-8-14-30(26)40(33)48/h1-21,24,32,35-36,38-39,48H,22-23H2/t32-,35+,36-,38-,39+,44-/m0/s1. The monoisotopic (exact) mass is 700 g/mol. The van der Waals surface area contributed by atoms with Crippen molar-refractivity contribution in [2.75, 3.05) is 4.90 Å². The lowest BCUT2D eigenvalue weighted by atomic mass is 9.44. The summed E-state index contributed by atoms with van der Waals surface area (Å²) in [4.78, 5) is 71.0. The van der Waals surface area contributed by atoms with Crippen LogP contribution in [0.2, 0.25) is 0 Å². The maximum absolute atomic E-state index is 15.3. The molecule has 1 N–H and O–H groups in total. The summed E-state index contributed by atoms with van der Waals surface area (Å²) in [5.74, 6) is -5.42. The molecule has 0 spiro atoms. The lowest BCUT2D eigenvalue weighted by Gasteiger charge is -2.55. The lowest BCUT2D eigenvalue weighted by Crippen LogP contribution is -2.58. The number of hydrogen-bond acceptors (Lipinski definition) is 7. The predicted molar refractivity (Wildman–Crippen MR) is 198 cm³/mol. The molecule has 5 aromatic carbocycles. The number of phenolic OH excluding ortho intramolecular Hbond substituents is 1. The molecule has 6 atom stereocenters. The largest absolute Gasteiger partial charge is 0.507 e. The highest BCUT2D eigenvalue weighted by Crippen LogP contribution is 2.64. The first-order valence-electron chi connectivity index (χ1n) is 17.7. The Kier molecular flexibility index (Phi) is 7.37. The molecule has 1 saturated heterocycles. The molecule has 0 radical (unpaired) electrons. The second kappa shape index (κ2) is 12.1. The summed E-state index contributed by atoms with van der Waals surface area (Å²) in [7, 11) is 0. The summed E-state index contributed by atoms with van der Waals surface area (Å²) >= 11 is 0. The van der Waals surface area contributed by atoms with Gasteiger partial charge in [0.2, 0.25) is 11.8 Å². The number of allylic oxidation sites excluding steroid dienone is 4. The molecule has 0 bridgehead atoms. The van der Waals surface area contributed by atoms with Crippen molar-refractivity contribution < 1.29 is 29.2 Å². The van der Waals surface area contributed by atoms with Gasteiger partial charge in [0.1, 0.15) is 5.75 Å². The van der Waals surface area contributed by atoms with E-state index >= 15 is 9.59 Å². The van der Waals surface area contributed by atoms with Crippen molar-refractivity contribution in [1.29, 1.82) is 0 Å². The van der Waals surface area contributed by atoms with E-state index in [1.807, 2.05) is 91.0 Å². The van der Waals surface area contributed by atoms with Gasteiger partial charge < -0.3 is 5.11 Å². The van der Waals surface area contributed by atoms with Gasteiger partial charge in [-0.1, -0.05) is 109 Å². The van der Waals surface area contributed by atoms with E-state index in [-0.39, 0.29) is 47.1 Å². The number of Topliss-reactive ketones (excluding diaryl/α,β-unsaturated/α-hetero) is 1. The van der Waals surface area contributed by atoms with E-state index in [0.717, 1.165) is 15.9 Å². The van der Waals surface area contributed by atoms with Crippen LogP contribution in [0.1, 0.15) is 35.4 Å². The molecule has 1 aliphatic heterocycles. The van der Waals surface area contributed by atoms with Gasteiger partial charge in [-0.05, 0) is 53.5 Å². The van der Waals surface area contributed by atoms with Gasteiger partial charge in [-0.15, -0.1) is 0 Å². The van der Waals surface area contributed by atoms with E-state index < -0.39 is 51.7 Å². The fourth-order valence-corrected chi connectivity index (χ4v) is 9.70. The van der Waals surface area contributed by atoms with Gasteiger partial charge in [0.05, 0.1) is 27.9 Å². The second-order valence-corrected chi connectivity index (χ2v) is 14.3. The molecular weight excluding hydrogens is 668 g/mol. The molecule has 5 aromatic rings. The van der Waals surface area contributed by atoms with Gasteiger partial charge in [0.25, 0.3) is 5.69 Å². The number of phenols is 1. The summed E-state index contributed by atoms with van der Waals surface area (Å²) in [6.07, 6.45) is 3.73. The highest BCUT2D eigenvalue weighted by atomic mass is 16.6. The Morgan fingerprint density at radius 3 is 2.15 bits per heavy atom. The Bertz CT molecular complexity index is 2450. The minimum atomic E-state index is -1.48. The van der Waals surface area contributed by atoms with Gasteiger partial charge in [0, 0.05) is 40.5 Å². The van der Waals surface area contributed by atoms with Crippen LogP contribution in [0.25, 0.3) is 16.3 Å². The zero-order valence-electron chi connectivity index (χ0n) is 28.3. The van der Waals surface area contributed by atoms with E-state index in [1.165, 1.54) is 30.3 Å². The molecule has 9 rings (SSSR count). The molecule has 260 valence electrons. The Balaban J connectivity index is 1.27. The van der Waals surface area contributed by atoms with Gasteiger partial charge in [0.15, 0.2) is 11.6 Å². The summed E-state index contributed by atoms with van der Waals surface area (Å²) in [5, 5.41) is 24.9. The number of ketones is 2. The Labute approximate surface area is 304 Å². The van der Waals surface area contributed by atoms with Crippen LogP contribution < -0.4 is 4.90 Å². The van der Waals surface area contributed by atoms with Crippen LogP contribution in [0.4, 0.5) is 11.4 Å². The number of anilines is 1. The first-order valence-corrected chi connectivity index (χ1v) is 17.7. The topological polar surface area (TPSA) is 135 Å². The number of nitrogens with zero attached hydrogens (tertiary/aromatic N) is 2. The third kappa shape index (κ3) is 4.63. The van der Waals surface area contributed by atoms with Crippen molar-refractivity contribution in [2.24, 2.45) is 23.7 Å². The van der Waals surface area contributed by atoms with Gasteiger partial charge >= 0.3 is 0 Å². The van der Waals surface area contributed by atoms with E-state index in [4.69, 9.17) is 0 Å². The van der Waals surface area contributed by atoms with Crippen molar-refractivity contribution in [3.05, 3.63) is 166 Å². The molecule has 1 saturated carbocycles. The Morgan fingerprint density at radius 2 is 1.43 bits per heavy atom. The summed E-state index contributed by atoms with van der Waals surface area (Å²) in [5.41, 5.74) is 1.32. The molecule has 3 aliphatic carbocycles. The third-order valence-electron chi connectivity index (χ3n) is 11.9. The number of rotatable bonds is 5. The van der Waals surface area contributed by atoms with Crippen LogP contribution >= 0.6 is 0 Å². The summed E-state index contributed by atoms with van der Waals surface area (Å²) < 4.78 is 0. The van der Waals surface area contributed by atoms with Crippen LogP contribution in [0, 0.1) is 33.8 Å². The zero-order chi connectivity index (χ0) is 36.6. The Hall–Kier alpha value is -6.48. The minimum Gasteiger partial charge on any atom is -0.507 e. The van der Waals surface area contributed by atoms with Gasteiger partial charge in [-0.25, -0.2) is 0 Å². The van der Waals surface area contributed by atoms with Crippen LogP contribution in [0.3, 0.4) is 0 Å². The van der Waals surface area contributed by atoms with E-state index in [0.29, 0.717) is 22.1 Å². The average Bonchev–Trinajstić information content (AvgIpc) is 3.45. The molecule has 53 heavy (non-hydrogen) atoms. The van der Waals surface area contributed by atoms with Crippen LogP contribution in [0.15, 0.2) is 139 Å². The highest BCUT2D eigenvalue weighted by Gasteiger charge is 2.66. The normalized spacial score (nSPS) is 26.4. The number of nitro groups is 1. The molecule has 2 fully saturated rings. The molecule has 0 unspecified atom stereocenters. The number of nitro benzene ring substituents is 1. The molecule has 4 aliphatic rings. The van der Waals surface area contributed by atoms with Crippen molar-refractivity contribution in [3.63, 3.8) is 0 Å². The highest BCUT2D eigenvalue weighted by molar-refractivity contribution is 6.32. The van der Waals surface area contributed by atoms with Gasteiger partial charge in [-0.3, -0.25) is 34.2 Å². The smallest absolute Gasteiger partial charge is 0.269 e. The zero-order valence-corrected chi connectivity index (χ0v) is 28.3. The second-order valence-electron chi connectivity index (χ2n) is 14.3. The average molecular weight is 701 g/mol. The number of aromatic hydroxyl groups is 1.